The number of rotatable bonds is 3. The fourth-order valence-corrected chi connectivity index (χ4v) is 5.09. The quantitative estimate of drug-likeness (QED) is 0.287. The lowest BCUT2D eigenvalue weighted by molar-refractivity contribution is 0.767. The maximum Gasteiger partial charge on any atom is 0.0713 e. The summed E-state index contributed by atoms with van der Waals surface area (Å²) in [5, 5.41) is 0. The van der Waals surface area contributed by atoms with E-state index in [1.54, 1.807) is 0 Å². The van der Waals surface area contributed by atoms with Gasteiger partial charge in [0.1, 0.15) is 0 Å². The summed E-state index contributed by atoms with van der Waals surface area (Å²) in [7, 11) is 0. The highest BCUT2D eigenvalue weighted by atomic mass is 14.5. The second kappa shape index (κ2) is 7.39. The van der Waals surface area contributed by atoms with Crippen molar-refractivity contribution in [3.63, 3.8) is 0 Å². The van der Waals surface area contributed by atoms with Crippen LogP contribution in [-0.4, -0.2) is 0 Å². The molecule has 4 aromatic rings. The van der Waals surface area contributed by atoms with Crippen molar-refractivity contribution in [2.45, 2.75) is 33.1 Å². The van der Waals surface area contributed by atoms with Gasteiger partial charge in [-0.2, -0.15) is 0 Å². The minimum atomic E-state index is -0.322. The second-order valence-corrected chi connectivity index (χ2v) is 8.76. The molecule has 0 heteroatoms. The van der Waals surface area contributed by atoms with Gasteiger partial charge in [-0.1, -0.05) is 102 Å². The van der Waals surface area contributed by atoms with Crippen LogP contribution >= 0.6 is 0 Å². The van der Waals surface area contributed by atoms with Crippen LogP contribution in [0.15, 0.2) is 97.1 Å². The zero-order chi connectivity index (χ0) is 21.6. The van der Waals surface area contributed by atoms with Gasteiger partial charge in [-0.05, 0) is 78.3 Å². The largest absolute Gasteiger partial charge is 0.0841 e. The molecule has 152 valence electrons. The third-order valence-electron chi connectivity index (χ3n) is 6.90. The first kappa shape index (κ1) is 19.6. The molecular formula is C31H28. The zero-order valence-electron chi connectivity index (χ0n) is 18.7. The van der Waals surface area contributed by atoms with Crippen molar-refractivity contribution in [1.82, 2.24) is 0 Å². The summed E-state index contributed by atoms with van der Waals surface area (Å²) in [6, 6.07) is 34.2. The van der Waals surface area contributed by atoms with Crippen molar-refractivity contribution >= 4 is 5.57 Å². The molecule has 0 saturated heterocycles. The Morgan fingerprint density at radius 2 is 1.19 bits per heavy atom. The Morgan fingerprint density at radius 1 is 0.645 bits per heavy atom. The molecule has 1 aliphatic rings. The van der Waals surface area contributed by atoms with E-state index in [-0.39, 0.29) is 5.41 Å². The first-order valence-corrected chi connectivity index (χ1v) is 11.1. The number of allylic oxidation sites excluding steroid dienone is 2. The molecule has 31 heavy (non-hydrogen) atoms. The fourth-order valence-electron chi connectivity index (χ4n) is 5.09. The van der Waals surface area contributed by atoms with Gasteiger partial charge in [-0.25, -0.2) is 0 Å². The van der Waals surface area contributed by atoms with Gasteiger partial charge < -0.3 is 0 Å². The van der Waals surface area contributed by atoms with Gasteiger partial charge in [0.25, 0.3) is 0 Å². The van der Waals surface area contributed by atoms with Crippen LogP contribution in [0.5, 0.6) is 0 Å². The summed E-state index contributed by atoms with van der Waals surface area (Å²) in [4.78, 5) is 0. The molecule has 0 atom stereocenters. The van der Waals surface area contributed by atoms with Gasteiger partial charge >= 0.3 is 0 Å². The number of fused-ring (bicyclic) bond motifs is 3. The molecule has 0 radical (unpaired) electrons. The molecule has 0 N–H and O–H groups in total. The Hall–Kier alpha value is -3.38. The van der Waals surface area contributed by atoms with Crippen LogP contribution in [0.4, 0.5) is 0 Å². The molecular weight excluding hydrogens is 372 g/mol. The molecule has 0 fully saturated rings. The minimum Gasteiger partial charge on any atom is -0.0841 e. The van der Waals surface area contributed by atoms with Crippen molar-refractivity contribution in [2.75, 3.05) is 0 Å². The van der Waals surface area contributed by atoms with Crippen molar-refractivity contribution in [3.05, 3.63) is 136 Å². The lowest BCUT2D eigenvalue weighted by Crippen LogP contribution is -2.28. The normalized spacial score (nSPS) is 14.3. The topological polar surface area (TPSA) is 0 Å². The molecule has 0 spiro atoms. The SMILES string of the molecule is C/C=C(/C)c1ccc2c(c1)C(c1ccc(C)cc1)(c1ccc(C)cc1)c1ccccc1-2. The predicted octanol–water partition coefficient (Wildman–Crippen LogP) is 8.09. The molecule has 1 aliphatic carbocycles. The predicted molar refractivity (Wildman–Crippen MR) is 133 cm³/mol. The summed E-state index contributed by atoms with van der Waals surface area (Å²) in [6.07, 6.45) is 2.20. The number of hydrogen-bond donors (Lipinski definition) is 0. The Bertz CT molecular complexity index is 1240. The van der Waals surface area contributed by atoms with Gasteiger partial charge in [-0.3, -0.25) is 0 Å². The lowest BCUT2D eigenvalue weighted by Gasteiger charge is -2.34. The van der Waals surface area contributed by atoms with Gasteiger partial charge in [0.2, 0.25) is 0 Å². The van der Waals surface area contributed by atoms with Crippen molar-refractivity contribution in [1.29, 1.82) is 0 Å². The van der Waals surface area contributed by atoms with Crippen molar-refractivity contribution in [2.24, 2.45) is 0 Å². The van der Waals surface area contributed by atoms with E-state index in [2.05, 4.69) is 125 Å². The van der Waals surface area contributed by atoms with E-state index in [0.717, 1.165) is 0 Å². The molecule has 5 rings (SSSR count). The maximum atomic E-state index is 2.42. The van der Waals surface area contributed by atoms with Gasteiger partial charge in [0.15, 0.2) is 0 Å². The number of hydrogen-bond acceptors (Lipinski definition) is 0. The molecule has 0 heterocycles. The smallest absolute Gasteiger partial charge is 0.0713 e. The highest BCUT2D eigenvalue weighted by Crippen LogP contribution is 2.56. The van der Waals surface area contributed by atoms with Crippen LogP contribution in [0.3, 0.4) is 0 Å². The first-order valence-electron chi connectivity index (χ1n) is 11.1. The second-order valence-electron chi connectivity index (χ2n) is 8.76. The van der Waals surface area contributed by atoms with E-state index in [4.69, 9.17) is 0 Å². The van der Waals surface area contributed by atoms with Crippen molar-refractivity contribution < 1.29 is 0 Å². The maximum absolute atomic E-state index is 2.42. The Morgan fingerprint density at radius 3 is 1.77 bits per heavy atom. The van der Waals surface area contributed by atoms with E-state index in [1.165, 1.54) is 55.6 Å². The van der Waals surface area contributed by atoms with Crippen LogP contribution in [-0.2, 0) is 5.41 Å². The highest BCUT2D eigenvalue weighted by Gasteiger charge is 2.46. The van der Waals surface area contributed by atoms with E-state index in [9.17, 15) is 0 Å². The van der Waals surface area contributed by atoms with Crippen LogP contribution < -0.4 is 0 Å². The molecule has 0 aliphatic heterocycles. The zero-order valence-corrected chi connectivity index (χ0v) is 18.7. The number of aryl methyl sites for hydroxylation is 2. The van der Waals surface area contributed by atoms with Crippen LogP contribution in [0, 0.1) is 13.8 Å². The van der Waals surface area contributed by atoms with Crippen LogP contribution in [0.2, 0.25) is 0 Å². The summed E-state index contributed by atoms with van der Waals surface area (Å²) in [5.74, 6) is 0. The lowest BCUT2D eigenvalue weighted by atomic mass is 9.67. The molecule has 4 aromatic carbocycles. The van der Waals surface area contributed by atoms with Crippen molar-refractivity contribution in [3.8, 4) is 11.1 Å². The van der Waals surface area contributed by atoms with E-state index >= 15 is 0 Å². The summed E-state index contributed by atoms with van der Waals surface area (Å²) in [5.41, 5.74) is 12.9. The third-order valence-corrected chi connectivity index (χ3v) is 6.90. The summed E-state index contributed by atoms with van der Waals surface area (Å²) < 4.78 is 0. The molecule has 0 amide bonds. The third kappa shape index (κ3) is 2.90. The van der Waals surface area contributed by atoms with E-state index < -0.39 is 0 Å². The highest BCUT2D eigenvalue weighted by molar-refractivity contribution is 5.87. The van der Waals surface area contributed by atoms with E-state index in [1.807, 2.05) is 0 Å². The van der Waals surface area contributed by atoms with Gasteiger partial charge in [0.05, 0.1) is 5.41 Å². The Labute approximate surface area is 185 Å². The average Bonchev–Trinajstić information content (AvgIpc) is 3.10. The van der Waals surface area contributed by atoms with E-state index in [0.29, 0.717) is 0 Å². The molecule has 0 saturated carbocycles. The summed E-state index contributed by atoms with van der Waals surface area (Å²) >= 11 is 0. The Kier molecular flexibility index (Phi) is 4.67. The fraction of sp³-hybridized carbons (Fsp3) is 0.161. The standard InChI is InChI=1S/C31H28/c1-5-23(4)24-14-19-28-27-8-6-7-9-29(27)31(30(28)20-24,25-15-10-21(2)11-16-25)26-17-12-22(3)13-18-26/h5-20H,1-4H3/b23-5-. The first-order chi connectivity index (χ1) is 15.1. The minimum absolute atomic E-state index is 0.322. The van der Waals surface area contributed by atoms with Crippen LogP contribution in [0.25, 0.3) is 16.7 Å². The molecule has 0 aromatic heterocycles. The van der Waals surface area contributed by atoms with Gasteiger partial charge in [-0.15, -0.1) is 0 Å². The monoisotopic (exact) mass is 400 g/mol. The Balaban J connectivity index is 1.94. The number of benzene rings is 4. The average molecular weight is 401 g/mol. The van der Waals surface area contributed by atoms with Crippen LogP contribution in [0.1, 0.15) is 52.8 Å². The van der Waals surface area contributed by atoms with Gasteiger partial charge in [0, 0.05) is 0 Å². The summed E-state index contributed by atoms with van der Waals surface area (Å²) in [6.45, 7) is 8.63. The molecule has 0 unspecified atom stereocenters. The molecule has 0 bridgehead atoms. The molecule has 0 nitrogen and oxygen atoms in total.